The zero-order valence-corrected chi connectivity index (χ0v) is 13.0. The zero-order valence-electron chi connectivity index (χ0n) is 12.2. The number of esters is 1. The molecule has 0 aromatic carbocycles. The van der Waals surface area contributed by atoms with E-state index in [0.717, 1.165) is 37.2 Å². The van der Waals surface area contributed by atoms with Gasteiger partial charge in [-0.05, 0) is 19.3 Å². The summed E-state index contributed by atoms with van der Waals surface area (Å²) in [4.78, 5) is 23.2. The lowest BCUT2D eigenvalue weighted by Gasteiger charge is -2.06. The second-order valence-electron chi connectivity index (χ2n) is 4.39. The number of rotatable bonds is 9. The Balaban J connectivity index is 2.74. The molecule has 118 valence electrons. The fourth-order valence-electron chi connectivity index (χ4n) is 1.81. The van der Waals surface area contributed by atoms with E-state index in [0.29, 0.717) is 11.5 Å². The van der Waals surface area contributed by atoms with Crippen LogP contribution in [0.2, 0.25) is 0 Å². The molecule has 5 N–H and O–H groups in total. The summed E-state index contributed by atoms with van der Waals surface area (Å²) in [6, 6.07) is 0. The maximum Gasteiger partial charge on any atom is 0.343 e. The first-order chi connectivity index (χ1) is 10.0. The topological polar surface area (TPSA) is 117 Å². The Morgan fingerprint density at radius 1 is 1.24 bits per heavy atom. The number of anilines is 2. The molecule has 0 bridgehead atoms. The minimum absolute atomic E-state index is 0.0706. The van der Waals surface area contributed by atoms with Crippen molar-refractivity contribution in [3.05, 3.63) is 10.4 Å². The Morgan fingerprint density at radius 3 is 2.52 bits per heavy atom. The van der Waals surface area contributed by atoms with E-state index in [9.17, 15) is 9.59 Å². The predicted octanol–water partition coefficient (Wildman–Crippen LogP) is 1.44. The Hall–Kier alpha value is -1.80. The fraction of sp³-hybridized carbons (Fsp3) is 0.538. The third kappa shape index (κ3) is 4.61. The van der Waals surface area contributed by atoms with Gasteiger partial charge in [0.2, 0.25) is 0 Å². The Kier molecular flexibility index (Phi) is 6.97. The van der Waals surface area contributed by atoms with Gasteiger partial charge in [0.1, 0.15) is 15.4 Å². The summed E-state index contributed by atoms with van der Waals surface area (Å²) in [5.41, 5.74) is 11.3. The van der Waals surface area contributed by atoms with Crippen LogP contribution >= 0.6 is 11.3 Å². The smallest absolute Gasteiger partial charge is 0.343 e. The van der Waals surface area contributed by atoms with Crippen LogP contribution in [-0.2, 0) is 9.47 Å². The molecule has 21 heavy (non-hydrogen) atoms. The molecule has 0 saturated carbocycles. The minimum Gasteiger partial charge on any atom is -0.465 e. The van der Waals surface area contributed by atoms with Crippen LogP contribution in [0.4, 0.5) is 10.7 Å². The van der Waals surface area contributed by atoms with Crippen molar-refractivity contribution in [2.24, 2.45) is 5.73 Å². The van der Waals surface area contributed by atoms with E-state index in [4.69, 9.17) is 16.2 Å². The number of methoxy groups -OCH3 is 2. The molecule has 0 aliphatic carbocycles. The Morgan fingerprint density at radius 2 is 1.95 bits per heavy atom. The Bertz CT molecular complexity index is 502. The molecule has 0 radical (unpaired) electrons. The minimum atomic E-state index is -0.657. The van der Waals surface area contributed by atoms with Crippen molar-refractivity contribution in [3.8, 4) is 0 Å². The summed E-state index contributed by atoms with van der Waals surface area (Å²) in [7, 11) is 2.93. The molecular weight excluding hydrogens is 294 g/mol. The van der Waals surface area contributed by atoms with E-state index in [-0.39, 0.29) is 16.1 Å². The maximum atomic E-state index is 11.8. The van der Waals surface area contributed by atoms with Gasteiger partial charge in [0, 0.05) is 20.3 Å². The van der Waals surface area contributed by atoms with E-state index in [1.165, 1.54) is 7.11 Å². The van der Waals surface area contributed by atoms with Crippen LogP contribution in [-0.4, -0.2) is 39.2 Å². The van der Waals surface area contributed by atoms with Gasteiger partial charge >= 0.3 is 5.97 Å². The van der Waals surface area contributed by atoms with Gasteiger partial charge in [-0.3, -0.25) is 4.79 Å². The summed E-state index contributed by atoms with van der Waals surface area (Å²) in [6.45, 7) is 1.39. The van der Waals surface area contributed by atoms with Crippen LogP contribution in [0.3, 0.4) is 0 Å². The highest BCUT2D eigenvalue weighted by Gasteiger charge is 2.24. The normalized spacial score (nSPS) is 10.4. The molecule has 0 spiro atoms. The third-order valence-corrected chi connectivity index (χ3v) is 4.05. The van der Waals surface area contributed by atoms with Crippen LogP contribution in [0.5, 0.6) is 0 Å². The third-order valence-electron chi connectivity index (χ3n) is 2.87. The lowest BCUT2D eigenvalue weighted by molar-refractivity contribution is 0.0603. The summed E-state index contributed by atoms with van der Waals surface area (Å²) < 4.78 is 9.66. The maximum absolute atomic E-state index is 11.8. The standard InChI is InChI=1S/C13H21N3O4S/c1-19-7-5-3-4-6-16-12-8(13(18)20-2)9(14)10(21-12)11(15)17/h16H,3-7,14H2,1-2H3,(H2,15,17). The second-order valence-corrected chi connectivity index (χ2v) is 5.41. The molecule has 1 heterocycles. The summed E-state index contributed by atoms with van der Waals surface area (Å²) in [6.07, 6.45) is 2.88. The fourth-order valence-corrected chi connectivity index (χ4v) is 2.79. The van der Waals surface area contributed by atoms with Crippen molar-refractivity contribution >= 4 is 33.9 Å². The van der Waals surface area contributed by atoms with Gasteiger partial charge in [-0.1, -0.05) is 0 Å². The van der Waals surface area contributed by atoms with Gasteiger partial charge in [0.15, 0.2) is 0 Å². The molecule has 1 rings (SSSR count). The molecule has 0 saturated heterocycles. The van der Waals surface area contributed by atoms with Crippen molar-refractivity contribution in [1.82, 2.24) is 0 Å². The number of unbranched alkanes of at least 4 members (excludes halogenated alkanes) is 2. The van der Waals surface area contributed by atoms with E-state index >= 15 is 0 Å². The van der Waals surface area contributed by atoms with E-state index in [2.05, 4.69) is 10.1 Å². The number of hydrogen-bond acceptors (Lipinski definition) is 7. The highest BCUT2D eigenvalue weighted by molar-refractivity contribution is 7.19. The molecule has 0 unspecified atom stereocenters. The van der Waals surface area contributed by atoms with Gasteiger partial charge in [-0.25, -0.2) is 4.79 Å². The number of nitrogen functional groups attached to an aromatic ring is 1. The van der Waals surface area contributed by atoms with E-state index in [1.807, 2.05) is 0 Å². The predicted molar refractivity (Wildman–Crippen MR) is 82.8 cm³/mol. The van der Waals surface area contributed by atoms with Crippen molar-refractivity contribution in [1.29, 1.82) is 0 Å². The number of amides is 1. The number of ether oxygens (including phenoxy) is 2. The lowest BCUT2D eigenvalue weighted by atomic mass is 10.2. The first kappa shape index (κ1) is 17.3. The number of carbonyl (C=O) groups is 2. The molecule has 1 aromatic heterocycles. The number of primary amides is 1. The molecule has 1 aromatic rings. The van der Waals surface area contributed by atoms with Crippen LogP contribution in [0.1, 0.15) is 39.3 Å². The largest absolute Gasteiger partial charge is 0.465 e. The van der Waals surface area contributed by atoms with Crippen LogP contribution < -0.4 is 16.8 Å². The van der Waals surface area contributed by atoms with Crippen molar-refractivity contribution in [2.75, 3.05) is 38.4 Å². The monoisotopic (exact) mass is 315 g/mol. The number of hydrogen-bond donors (Lipinski definition) is 3. The zero-order chi connectivity index (χ0) is 15.8. The highest BCUT2D eigenvalue weighted by atomic mass is 32.1. The Labute approximate surface area is 127 Å². The SMILES string of the molecule is COCCCCCNc1sc(C(N)=O)c(N)c1C(=O)OC. The van der Waals surface area contributed by atoms with Gasteiger partial charge in [-0.15, -0.1) is 11.3 Å². The molecule has 0 atom stereocenters. The van der Waals surface area contributed by atoms with Gasteiger partial charge in [0.05, 0.1) is 12.8 Å². The second kappa shape index (κ2) is 8.48. The lowest BCUT2D eigenvalue weighted by Crippen LogP contribution is -2.13. The number of nitrogens with one attached hydrogen (secondary N) is 1. The van der Waals surface area contributed by atoms with Crippen LogP contribution in [0, 0.1) is 0 Å². The molecule has 8 heteroatoms. The molecule has 0 fully saturated rings. The average molecular weight is 315 g/mol. The quantitative estimate of drug-likeness (QED) is 0.469. The van der Waals surface area contributed by atoms with E-state index in [1.54, 1.807) is 7.11 Å². The summed E-state index contributed by atoms with van der Waals surface area (Å²) in [5, 5.41) is 3.62. The summed E-state index contributed by atoms with van der Waals surface area (Å²) >= 11 is 1.07. The van der Waals surface area contributed by atoms with Crippen molar-refractivity contribution in [2.45, 2.75) is 19.3 Å². The first-order valence-corrected chi connectivity index (χ1v) is 7.37. The molecule has 1 amide bonds. The molecular formula is C13H21N3O4S. The average Bonchev–Trinajstić information content (AvgIpc) is 2.79. The number of nitrogens with two attached hydrogens (primary N) is 2. The van der Waals surface area contributed by atoms with Crippen molar-refractivity contribution in [3.63, 3.8) is 0 Å². The highest BCUT2D eigenvalue weighted by Crippen LogP contribution is 2.35. The van der Waals surface area contributed by atoms with Gasteiger partial charge in [0.25, 0.3) is 5.91 Å². The first-order valence-electron chi connectivity index (χ1n) is 6.56. The number of carbonyl (C=O) groups excluding carboxylic acids is 2. The van der Waals surface area contributed by atoms with Crippen molar-refractivity contribution < 1.29 is 19.1 Å². The molecule has 7 nitrogen and oxygen atoms in total. The molecule has 0 aliphatic rings. The van der Waals surface area contributed by atoms with E-state index < -0.39 is 11.9 Å². The van der Waals surface area contributed by atoms with Gasteiger partial charge < -0.3 is 26.3 Å². The number of thiophene rings is 1. The molecule has 0 aliphatic heterocycles. The van der Waals surface area contributed by atoms with Crippen LogP contribution in [0.25, 0.3) is 0 Å². The summed E-state index contributed by atoms with van der Waals surface area (Å²) in [5.74, 6) is -1.24. The van der Waals surface area contributed by atoms with Crippen LogP contribution in [0.15, 0.2) is 0 Å². The van der Waals surface area contributed by atoms with Gasteiger partial charge in [-0.2, -0.15) is 0 Å².